The number of methoxy groups -OCH3 is 1. The second kappa shape index (κ2) is 7.56. The van der Waals surface area contributed by atoms with Crippen LogP contribution in [0.5, 0.6) is 23.0 Å². The maximum Gasteiger partial charge on any atom is 0.351 e. The molecule has 0 atom stereocenters. The maximum atomic E-state index is 12.6. The van der Waals surface area contributed by atoms with Crippen LogP contribution in [-0.4, -0.2) is 35.2 Å². The lowest BCUT2D eigenvalue weighted by Crippen LogP contribution is -2.15. The number of esters is 3. The molecule has 2 aromatic rings. The lowest BCUT2D eigenvalue weighted by atomic mass is 10.1. The molecule has 0 radical (unpaired) electrons. The van der Waals surface area contributed by atoms with Gasteiger partial charge in [-0.2, -0.15) is 0 Å². The SMILES string of the molecule is COC(=O)c1c(O)cccc1OC(=O)c1c(O)ccc(C)c1OC(C)=O. The summed E-state index contributed by atoms with van der Waals surface area (Å²) in [5.74, 6) is -4.07. The Balaban J connectivity index is 2.50. The molecule has 2 rings (SSSR count). The van der Waals surface area contributed by atoms with E-state index in [0.29, 0.717) is 5.56 Å². The molecule has 136 valence electrons. The molecule has 0 aromatic heterocycles. The van der Waals surface area contributed by atoms with Crippen molar-refractivity contribution in [2.24, 2.45) is 0 Å². The van der Waals surface area contributed by atoms with Crippen LogP contribution in [0.4, 0.5) is 0 Å². The molecule has 2 aromatic carbocycles. The molecule has 0 fully saturated rings. The van der Waals surface area contributed by atoms with Gasteiger partial charge in [-0.3, -0.25) is 4.79 Å². The van der Waals surface area contributed by atoms with Gasteiger partial charge in [-0.25, -0.2) is 9.59 Å². The van der Waals surface area contributed by atoms with Gasteiger partial charge in [0.05, 0.1) is 7.11 Å². The van der Waals surface area contributed by atoms with Crippen molar-refractivity contribution in [3.63, 3.8) is 0 Å². The second-order valence-corrected chi connectivity index (χ2v) is 5.23. The van der Waals surface area contributed by atoms with E-state index in [2.05, 4.69) is 4.74 Å². The van der Waals surface area contributed by atoms with Crippen LogP contribution in [-0.2, 0) is 9.53 Å². The quantitative estimate of drug-likeness (QED) is 0.630. The van der Waals surface area contributed by atoms with Gasteiger partial charge in [0.15, 0.2) is 5.75 Å². The van der Waals surface area contributed by atoms with E-state index >= 15 is 0 Å². The van der Waals surface area contributed by atoms with Crippen molar-refractivity contribution in [3.8, 4) is 23.0 Å². The molecule has 0 aliphatic heterocycles. The summed E-state index contributed by atoms with van der Waals surface area (Å²) in [5, 5.41) is 19.9. The van der Waals surface area contributed by atoms with E-state index < -0.39 is 29.4 Å². The third-order valence-corrected chi connectivity index (χ3v) is 3.38. The first kappa shape index (κ1) is 18.8. The molecule has 2 N–H and O–H groups in total. The lowest BCUT2D eigenvalue weighted by molar-refractivity contribution is -0.131. The van der Waals surface area contributed by atoms with Crippen molar-refractivity contribution in [1.29, 1.82) is 0 Å². The number of carbonyl (C=O) groups is 3. The number of rotatable bonds is 4. The fourth-order valence-electron chi connectivity index (χ4n) is 2.21. The van der Waals surface area contributed by atoms with Crippen LogP contribution in [0.3, 0.4) is 0 Å². The summed E-state index contributed by atoms with van der Waals surface area (Å²) >= 11 is 0. The summed E-state index contributed by atoms with van der Waals surface area (Å²) in [7, 11) is 1.10. The zero-order chi connectivity index (χ0) is 19.4. The fraction of sp³-hybridized carbons (Fsp3) is 0.167. The van der Waals surface area contributed by atoms with E-state index in [1.807, 2.05) is 0 Å². The number of benzene rings is 2. The van der Waals surface area contributed by atoms with Crippen molar-refractivity contribution in [2.75, 3.05) is 7.11 Å². The van der Waals surface area contributed by atoms with E-state index in [0.717, 1.165) is 14.0 Å². The molecule has 0 amide bonds. The highest BCUT2D eigenvalue weighted by Crippen LogP contribution is 2.34. The molecule has 0 bridgehead atoms. The first-order valence-corrected chi connectivity index (χ1v) is 7.39. The van der Waals surface area contributed by atoms with Gasteiger partial charge in [0, 0.05) is 6.92 Å². The molecule has 26 heavy (non-hydrogen) atoms. The van der Waals surface area contributed by atoms with Gasteiger partial charge in [-0.05, 0) is 30.7 Å². The fourth-order valence-corrected chi connectivity index (χ4v) is 2.21. The highest BCUT2D eigenvalue weighted by atomic mass is 16.6. The molecule has 0 saturated carbocycles. The van der Waals surface area contributed by atoms with Crippen molar-refractivity contribution >= 4 is 17.9 Å². The summed E-state index contributed by atoms with van der Waals surface area (Å²) < 4.78 is 14.7. The highest BCUT2D eigenvalue weighted by Gasteiger charge is 2.26. The topological polar surface area (TPSA) is 119 Å². The molecule has 0 aliphatic rings. The summed E-state index contributed by atoms with van der Waals surface area (Å²) in [6, 6.07) is 6.54. The number of aryl methyl sites for hydroxylation is 1. The van der Waals surface area contributed by atoms with E-state index in [1.54, 1.807) is 6.92 Å². The first-order valence-electron chi connectivity index (χ1n) is 7.39. The minimum Gasteiger partial charge on any atom is -0.507 e. The summed E-state index contributed by atoms with van der Waals surface area (Å²) in [4.78, 5) is 35.7. The molecule has 0 aliphatic carbocycles. The zero-order valence-electron chi connectivity index (χ0n) is 14.2. The molecular weight excluding hydrogens is 344 g/mol. The Morgan fingerprint density at radius 1 is 0.885 bits per heavy atom. The number of phenolic OH excluding ortho intramolecular Hbond substituents is 2. The van der Waals surface area contributed by atoms with Crippen LogP contribution < -0.4 is 9.47 Å². The van der Waals surface area contributed by atoms with Crippen LogP contribution in [0.1, 0.15) is 33.2 Å². The highest BCUT2D eigenvalue weighted by molar-refractivity contribution is 6.01. The van der Waals surface area contributed by atoms with E-state index in [9.17, 15) is 24.6 Å². The Morgan fingerprint density at radius 2 is 1.54 bits per heavy atom. The minimum absolute atomic E-state index is 0.165. The van der Waals surface area contributed by atoms with Crippen molar-refractivity contribution in [2.45, 2.75) is 13.8 Å². The third-order valence-electron chi connectivity index (χ3n) is 3.38. The second-order valence-electron chi connectivity index (χ2n) is 5.23. The predicted octanol–water partition coefficient (Wildman–Crippen LogP) is 2.34. The normalized spacial score (nSPS) is 10.1. The van der Waals surface area contributed by atoms with Crippen LogP contribution in [0, 0.1) is 6.92 Å². The van der Waals surface area contributed by atoms with Crippen LogP contribution in [0.2, 0.25) is 0 Å². The smallest absolute Gasteiger partial charge is 0.351 e. The van der Waals surface area contributed by atoms with Gasteiger partial charge in [-0.1, -0.05) is 12.1 Å². The molecule has 0 heterocycles. The maximum absolute atomic E-state index is 12.6. The lowest BCUT2D eigenvalue weighted by Gasteiger charge is -2.14. The Hall–Kier alpha value is -3.55. The Kier molecular flexibility index (Phi) is 5.46. The van der Waals surface area contributed by atoms with E-state index in [4.69, 9.17) is 9.47 Å². The van der Waals surface area contributed by atoms with Crippen LogP contribution in [0.15, 0.2) is 30.3 Å². The number of aromatic hydroxyl groups is 2. The number of phenols is 2. The summed E-state index contributed by atoms with van der Waals surface area (Å²) in [5.41, 5.74) is -0.335. The van der Waals surface area contributed by atoms with Crippen molar-refractivity contribution in [1.82, 2.24) is 0 Å². The predicted molar refractivity (Wildman–Crippen MR) is 88.6 cm³/mol. The number of hydrogen-bond acceptors (Lipinski definition) is 8. The summed E-state index contributed by atoms with van der Waals surface area (Å²) in [6.07, 6.45) is 0. The molecular formula is C18H16O8. The Labute approximate surface area is 148 Å². The number of ether oxygens (including phenoxy) is 3. The van der Waals surface area contributed by atoms with Gasteiger partial charge < -0.3 is 24.4 Å². The molecule has 8 nitrogen and oxygen atoms in total. The largest absolute Gasteiger partial charge is 0.507 e. The van der Waals surface area contributed by atoms with Gasteiger partial charge >= 0.3 is 17.9 Å². The standard InChI is InChI=1S/C18H16O8/c1-9-7-8-12(21)15(16(9)25-10(2)19)18(23)26-13-6-4-5-11(20)14(13)17(22)24-3/h4-8,20-21H,1-3H3. The van der Waals surface area contributed by atoms with Gasteiger partial charge in [0.1, 0.15) is 28.4 Å². The van der Waals surface area contributed by atoms with Gasteiger partial charge in [-0.15, -0.1) is 0 Å². The van der Waals surface area contributed by atoms with Crippen LogP contribution in [0.25, 0.3) is 0 Å². The average Bonchev–Trinajstić information content (AvgIpc) is 2.57. The Bertz CT molecular complexity index is 885. The van der Waals surface area contributed by atoms with Gasteiger partial charge in [0.2, 0.25) is 0 Å². The molecule has 0 spiro atoms. The monoisotopic (exact) mass is 360 g/mol. The van der Waals surface area contributed by atoms with E-state index in [-0.39, 0.29) is 22.6 Å². The average molecular weight is 360 g/mol. The van der Waals surface area contributed by atoms with Crippen LogP contribution >= 0.6 is 0 Å². The van der Waals surface area contributed by atoms with Crippen molar-refractivity contribution in [3.05, 3.63) is 47.0 Å². The first-order chi connectivity index (χ1) is 12.3. The van der Waals surface area contributed by atoms with Gasteiger partial charge in [0.25, 0.3) is 0 Å². The Morgan fingerprint density at radius 3 is 2.15 bits per heavy atom. The number of carbonyl (C=O) groups excluding carboxylic acids is 3. The zero-order valence-corrected chi connectivity index (χ0v) is 14.2. The van der Waals surface area contributed by atoms with Crippen molar-refractivity contribution < 1.29 is 38.8 Å². The molecule has 0 saturated heterocycles. The van der Waals surface area contributed by atoms with E-state index in [1.165, 1.54) is 30.3 Å². The third kappa shape index (κ3) is 3.75. The summed E-state index contributed by atoms with van der Waals surface area (Å²) in [6.45, 7) is 2.71. The molecule has 8 heteroatoms. The minimum atomic E-state index is -1.08. The number of hydrogen-bond donors (Lipinski definition) is 2. The molecule has 0 unspecified atom stereocenters.